The number of rotatable bonds is 0. The lowest BCUT2D eigenvalue weighted by atomic mass is 9.92. The Kier molecular flexibility index (Phi) is 1.82. The lowest BCUT2D eigenvalue weighted by Gasteiger charge is -2.31. The summed E-state index contributed by atoms with van der Waals surface area (Å²) in [6.45, 7) is 0. The molecule has 3 atom stereocenters. The molecule has 2 aliphatic heterocycles. The highest BCUT2D eigenvalue weighted by Crippen LogP contribution is 2.40. The lowest BCUT2D eigenvalue weighted by Crippen LogP contribution is -2.46. The summed E-state index contributed by atoms with van der Waals surface area (Å²) in [7, 11) is 0. The Morgan fingerprint density at radius 2 is 1.67 bits per heavy atom. The number of halogens is 3. The van der Waals surface area contributed by atoms with E-state index in [2.05, 4.69) is 5.32 Å². The minimum Gasteiger partial charge on any atom is -0.311 e. The molecule has 2 saturated heterocycles. The highest BCUT2D eigenvalue weighted by atomic mass is 19.4. The number of fused-ring (bicyclic) bond motifs is 2. The van der Waals surface area contributed by atoms with E-state index in [0.717, 1.165) is 6.42 Å². The first-order valence-corrected chi connectivity index (χ1v) is 4.40. The van der Waals surface area contributed by atoms with E-state index in [4.69, 9.17) is 0 Å². The lowest BCUT2D eigenvalue weighted by molar-refractivity contribution is -0.186. The van der Waals surface area contributed by atoms with Gasteiger partial charge in [0.05, 0.1) is 5.92 Å². The van der Waals surface area contributed by atoms with Gasteiger partial charge in [-0.25, -0.2) is 0 Å². The van der Waals surface area contributed by atoms with Crippen molar-refractivity contribution >= 4 is 0 Å². The molecule has 1 N–H and O–H groups in total. The second-order valence-corrected chi connectivity index (χ2v) is 3.77. The molecular weight excluding hydrogens is 167 g/mol. The van der Waals surface area contributed by atoms with Crippen molar-refractivity contribution in [3.05, 3.63) is 0 Å². The first kappa shape index (κ1) is 8.35. The van der Waals surface area contributed by atoms with E-state index in [1.54, 1.807) is 0 Å². The maximum atomic E-state index is 12.4. The van der Waals surface area contributed by atoms with Crippen molar-refractivity contribution in [2.45, 2.75) is 43.9 Å². The molecule has 0 amide bonds. The Balaban J connectivity index is 2.07. The summed E-state index contributed by atoms with van der Waals surface area (Å²) in [5.74, 6) is -1.09. The van der Waals surface area contributed by atoms with Crippen LogP contribution < -0.4 is 5.32 Å². The van der Waals surface area contributed by atoms with Crippen LogP contribution in [0.4, 0.5) is 13.2 Å². The molecule has 70 valence electrons. The van der Waals surface area contributed by atoms with Crippen LogP contribution in [0.15, 0.2) is 0 Å². The molecule has 0 aromatic rings. The zero-order chi connectivity index (χ0) is 8.77. The summed E-state index contributed by atoms with van der Waals surface area (Å²) in [5.41, 5.74) is 0. The van der Waals surface area contributed by atoms with E-state index in [1.165, 1.54) is 0 Å². The zero-order valence-corrected chi connectivity index (χ0v) is 6.69. The Bertz CT molecular complexity index is 178. The molecule has 4 heteroatoms. The first-order valence-electron chi connectivity index (χ1n) is 4.40. The van der Waals surface area contributed by atoms with Crippen LogP contribution in [-0.2, 0) is 0 Å². The highest BCUT2D eigenvalue weighted by molar-refractivity contribution is 4.95. The van der Waals surface area contributed by atoms with E-state index < -0.39 is 12.1 Å². The van der Waals surface area contributed by atoms with Gasteiger partial charge >= 0.3 is 6.18 Å². The molecule has 2 bridgehead atoms. The van der Waals surface area contributed by atoms with E-state index in [1.807, 2.05) is 0 Å². The third kappa shape index (κ3) is 1.32. The summed E-state index contributed by atoms with van der Waals surface area (Å²) >= 11 is 0. The number of alkyl halides is 3. The van der Waals surface area contributed by atoms with Crippen LogP contribution in [0.2, 0.25) is 0 Å². The van der Waals surface area contributed by atoms with Gasteiger partial charge in [-0.15, -0.1) is 0 Å². The van der Waals surface area contributed by atoms with Crippen LogP contribution in [0.1, 0.15) is 25.7 Å². The molecule has 0 spiro atoms. The molecule has 0 aromatic heterocycles. The normalized spacial score (nSPS) is 41.8. The van der Waals surface area contributed by atoms with Crippen LogP contribution in [0.25, 0.3) is 0 Å². The maximum absolute atomic E-state index is 12.4. The minimum absolute atomic E-state index is 0.288. The van der Waals surface area contributed by atoms with Crippen molar-refractivity contribution in [1.29, 1.82) is 0 Å². The second kappa shape index (κ2) is 2.62. The predicted molar refractivity (Wildman–Crippen MR) is 38.7 cm³/mol. The molecule has 2 fully saturated rings. The van der Waals surface area contributed by atoms with Crippen LogP contribution in [-0.4, -0.2) is 18.3 Å². The maximum Gasteiger partial charge on any atom is 0.393 e. The third-order valence-electron chi connectivity index (χ3n) is 3.01. The zero-order valence-electron chi connectivity index (χ0n) is 6.69. The summed E-state index contributed by atoms with van der Waals surface area (Å²) in [6, 6.07) is 0.0809. The van der Waals surface area contributed by atoms with Gasteiger partial charge in [0.2, 0.25) is 0 Å². The Morgan fingerprint density at radius 1 is 1.00 bits per heavy atom. The molecular formula is C8H12F3N. The number of piperidine rings is 1. The summed E-state index contributed by atoms with van der Waals surface area (Å²) < 4.78 is 37.1. The van der Waals surface area contributed by atoms with Gasteiger partial charge in [0.15, 0.2) is 0 Å². The Labute approximate surface area is 69.3 Å². The predicted octanol–water partition coefficient (Wildman–Crippen LogP) is 2.08. The van der Waals surface area contributed by atoms with Gasteiger partial charge in [-0.2, -0.15) is 13.2 Å². The number of hydrogen-bond donors (Lipinski definition) is 1. The van der Waals surface area contributed by atoms with Gasteiger partial charge in [0, 0.05) is 12.1 Å². The summed E-state index contributed by atoms with van der Waals surface area (Å²) in [4.78, 5) is 0. The molecule has 0 saturated carbocycles. The van der Waals surface area contributed by atoms with Crippen LogP contribution >= 0.6 is 0 Å². The second-order valence-electron chi connectivity index (χ2n) is 3.77. The fraction of sp³-hybridized carbons (Fsp3) is 1.00. The quantitative estimate of drug-likeness (QED) is 0.600. The average molecular weight is 179 g/mol. The fourth-order valence-corrected chi connectivity index (χ4v) is 2.37. The molecule has 2 heterocycles. The standard InChI is InChI=1S/C8H12F3N/c9-8(10,11)6-3-1-5-2-4-7(6)12-5/h5-7,12H,1-4H2. The molecule has 0 aromatic carbocycles. The van der Waals surface area contributed by atoms with Gasteiger partial charge in [0.1, 0.15) is 0 Å². The van der Waals surface area contributed by atoms with Crippen molar-refractivity contribution in [2.24, 2.45) is 5.92 Å². The summed E-state index contributed by atoms with van der Waals surface area (Å²) in [6.07, 6.45) is -1.34. The molecule has 0 aliphatic carbocycles. The monoisotopic (exact) mass is 179 g/mol. The molecule has 12 heavy (non-hydrogen) atoms. The van der Waals surface area contributed by atoms with Gasteiger partial charge in [0.25, 0.3) is 0 Å². The van der Waals surface area contributed by atoms with Crippen LogP contribution in [0, 0.1) is 5.92 Å². The van der Waals surface area contributed by atoms with Gasteiger partial charge in [-0.3, -0.25) is 0 Å². The van der Waals surface area contributed by atoms with Crippen molar-refractivity contribution in [1.82, 2.24) is 5.32 Å². The van der Waals surface area contributed by atoms with E-state index in [0.29, 0.717) is 25.3 Å². The van der Waals surface area contributed by atoms with Crippen molar-refractivity contribution in [3.8, 4) is 0 Å². The van der Waals surface area contributed by atoms with Crippen molar-refractivity contribution < 1.29 is 13.2 Å². The van der Waals surface area contributed by atoms with Gasteiger partial charge in [-0.1, -0.05) is 0 Å². The fourth-order valence-electron chi connectivity index (χ4n) is 2.37. The molecule has 1 nitrogen and oxygen atoms in total. The highest BCUT2D eigenvalue weighted by Gasteiger charge is 2.49. The van der Waals surface area contributed by atoms with E-state index in [9.17, 15) is 13.2 Å². The largest absolute Gasteiger partial charge is 0.393 e. The van der Waals surface area contributed by atoms with Crippen LogP contribution in [0.3, 0.4) is 0 Å². The third-order valence-corrected chi connectivity index (χ3v) is 3.01. The Hall–Kier alpha value is -0.250. The topological polar surface area (TPSA) is 12.0 Å². The number of nitrogens with one attached hydrogen (secondary N) is 1. The first-order chi connectivity index (χ1) is 5.57. The van der Waals surface area contributed by atoms with Crippen molar-refractivity contribution in [3.63, 3.8) is 0 Å². The Morgan fingerprint density at radius 3 is 2.33 bits per heavy atom. The van der Waals surface area contributed by atoms with Crippen LogP contribution in [0.5, 0.6) is 0 Å². The van der Waals surface area contributed by atoms with Gasteiger partial charge in [-0.05, 0) is 25.7 Å². The smallest absolute Gasteiger partial charge is 0.311 e. The van der Waals surface area contributed by atoms with Gasteiger partial charge < -0.3 is 5.32 Å². The summed E-state index contributed by atoms with van der Waals surface area (Å²) in [5, 5.41) is 3.03. The SMILES string of the molecule is FC(F)(F)C1CCC2CCC1N2. The molecule has 2 aliphatic rings. The minimum atomic E-state index is -3.99. The van der Waals surface area contributed by atoms with E-state index in [-0.39, 0.29) is 6.04 Å². The molecule has 2 rings (SSSR count). The number of hydrogen-bond acceptors (Lipinski definition) is 1. The molecule has 0 radical (unpaired) electrons. The van der Waals surface area contributed by atoms with E-state index >= 15 is 0 Å². The van der Waals surface area contributed by atoms with Crippen molar-refractivity contribution in [2.75, 3.05) is 0 Å². The molecule has 3 unspecified atom stereocenters. The average Bonchev–Trinajstić information content (AvgIpc) is 2.30.